The molecule has 0 spiro atoms. The SMILES string of the molecule is CC(C)C[C@H](NC(=O)[C@H](Cc1ccc(F)cc1)NC(=O)OCc1ccc(CN(C)C2CC2)cc1)C(=O)N[C@@H](C[C@@H]1CCNC1=O)C(=O)C(=O)NC(C)C. The second-order valence-electron chi connectivity index (χ2n) is 14.8. The first-order valence-corrected chi connectivity index (χ1v) is 18.4. The number of ketones is 1. The minimum Gasteiger partial charge on any atom is -0.445 e. The minimum atomic E-state index is -1.32. The fraction of sp³-hybridized carbons (Fsp3) is 0.538. The van der Waals surface area contributed by atoms with Crippen molar-refractivity contribution in [2.75, 3.05) is 13.6 Å². The quantitative estimate of drug-likeness (QED) is 0.137. The molecule has 1 saturated heterocycles. The number of benzene rings is 2. The van der Waals surface area contributed by atoms with Crippen molar-refractivity contribution < 1.29 is 37.9 Å². The topological polar surface area (TPSA) is 175 Å². The number of nitrogens with zero attached hydrogens (tertiary/aromatic N) is 1. The molecule has 1 aliphatic heterocycles. The van der Waals surface area contributed by atoms with Crippen LogP contribution in [0.5, 0.6) is 0 Å². The summed E-state index contributed by atoms with van der Waals surface area (Å²) < 4.78 is 19.2. The maximum atomic E-state index is 13.8. The van der Waals surface area contributed by atoms with Gasteiger partial charge in [-0.05, 0) is 87.7 Å². The predicted octanol–water partition coefficient (Wildman–Crippen LogP) is 2.89. The fourth-order valence-electron chi connectivity index (χ4n) is 6.20. The normalized spacial score (nSPS) is 17.2. The molecule has 1 heterocycles. The van der Waals surface area contributed by atoms with E-state index < -0.39 is 59.5 Å². The lowest BCUT2D eigenvalue weighted by atomic mass is 9.94. The first-order chi connectivity index (χ1) is 25.2. The predicted molar refractivity (Wildman–Crippen MR) is 195 cm³/mol. The van der Waals surface area contributed by atoms with E-state index in [0.717, 1.165) is 17.7 Å². The second-order valence-corrected chi connectivity index (χ2v) is 14.8. The second kappa shape index (κ2) is 19.3. The van der Waals surface area contributed by atoms with Crippen molar-refractivity contribution in [1.82, 2.24) is 31.5 Å². The van der Waals surface area contributed by atoms with Crippen molar-refractivity contribution in [2.24, 2.45) is 11.8 Å². The average molecular weight is 737 g/mol. The number of hydrogen-bond acceptors (Lipinski definition) is 8. The molecule has 0 radical (unpaired) electrons. The third-order valence-corrected chi connectivity index (χ3v) is 9.26. The summed E-state index contributed by atoms with van der Waals surface area (Å²) in [5.41, 5.74) is 2.44. The zero-order valence-corrected chi connectivity index (χ0v) is 31.2. The first-order valence-electron chi connectivity index (χ1n) is 18.4. The molecule has 2 aliphatic rings. The van der Waals surface area contributed by atoms with Gasteiger partial charge < -0.3 is 31.3 Å². The molecule has 1 aliphatic carbocycles. The summed E-state index contributed by atoms with van der Waals surface area (Å²) in [5.74, 6) is -4.67. The maximum absolute atomic E-state index is 13.8. The Morgan fingerprint density at radius 3 is 2.00 bits per heavy atom. The molecule has 2 aromatic carbocycles. The third-order valence-electron chi connectivity index (χ3n) is 9.26. The van der Waals surface area contributed by atoms with Crippen LogP contribution in [0.4, 0.5) is 9.18 Å². The van der Waals surface area contributed by atoms with Crippen molar-refractivity contribution in [2.45, 2.75) is 110 Å². The lowest BCUT2D eigenvalue weighted by Gasteiger charge is -2.27. The Labute approximate surface area is 310 Å². The molecule has 288 valence electrons. The van der Waals surface area contributed by atoms with Gasteiger partial charge in [-0.3, -0.25) is 28.9 Å². The van der Waals surface area contributed by atoms with Crippen molar-refractivity contribution in [3.05, 3.63) is 71.0 Å². The summed E-state index contributed by atoms with van der Waals surface area (Å²) in [6.07, 6.45) is 2.01. The van der Waals surface area contributed by atoms with E-state index in [1.165, 1.54) is 37.1 Å². The van der Waals surface area contributed by atoms with Crippen molar-refractivity contribution in [3.63, 3.8) is 0 Å². The Balaban J connectivity index is 1.45. The fourth-order valence-corrected chi connectivity index (χ4v) is 6.20. The number of alkyl carbamates (subject to hydrolysis) is 1. The minimum absolute atomic E-state index is 0.0479. The molecule has 5 amide bonds. The van der Waals surface area contributed by atoms with E-state index >= 15 is 0 Å². The Bertz CT molecular complexity index is 1600. The van der Waals surface area contributed by atoms with Crippen LogP contribution >= 0.6 is 0 Å². The molecule has 14 heteroatoms. The lowest BCUT2D eigenvalue weighted by Crippen LogP contribution is -2.58. The van der Waals surface area contributed by atoms with E-state index in [1.54, 1.807) is 13.8 Å². The number of carbonyl (C=O) groups excluding carboxylic acids is 6. The van der Waals surface area contributed by atoms with Gasteiger partial charge in [0, 0.05) is 37.5 Å². The molecule has 1 saturated carbocycles. The van der Waals surface area contributed by atoms with Crippen LogP contribution < -0.4 is 26.6 Å². The summed E-state index contributed by atoms with van der Waals surface area (Å²) >= 11 is 0. The van der Waals surface area contributed by atoms with Gasteiger partial charge in [-0.1, -0.05) is 50.2 Å². The molecule has 0 bridgehead atoms. The van der Waals surface area contributed by atoms with E-state index in [-0.39, 0.29) is 43.7 Å². The van der Waals surface area contributed by atoms with Crippen LogP contribution in [0.3, 0.4) is 0 Å². The van der Waals surface area contributed by atoms with Gasteiger partial charge in [0.15, 0.2) is 0 Å². The molecular weight excluding hydrogens is 683 g/mol. The zero-order chi connectivity index (χ0) is 38.7. The summed E-state index contributed by atoms with van der Waals surface area (Å²) in [4.78, 5) is 81.3. The Kier molecular flexibility index (Phi) is 14.9. The number of amides is 5. The summed E-state index contributed by atoms with van der Waals surface area (Å²) in [5, 5.41) is 13.2. The van der Waals surface area contributed by atoms with Gasteiger partial charge in [0.1, 0.15) is 24.5 Å². The van der Waals surface area contributed by atoms with Gasteiger partial charge in [-0.25, -0.2) is 9.18 Å². The molecule has 5 N–H and O–H groups in total. The smallest absolute Gasteiger partial charge is 0.408 e. The molecule has 0 aromatic heterocycles. The Hall–Kier alpha value is -4.85. The van der Waals surface area contributed by atoms with E-state index in [9.17, 15) is 33.2 Å². The van der Waals surface area contributed by atoms with Gasteiger partial charge in [0.2, 0.25) is 23.5 Å². The number of ether oxygens (including phenoxy) is 1. The molecule has 2 aromatic rings. The van der Waals surface area contributed by atoms with Gasteiger partial charge in [0.25, 0.3) is 5.91 Å². The monoisotopic (exact) mass is 736 g/mol. The molecule has 0 unspecified atom stereocenters. The van der Waals surface area contributed by atoms with Crippen LogP contribution in [0.1, 0.15) is 76.5 Å². The lowest BCUT2D eigenvalue weighted by molar-refractivity contribution is -0.141. The first kappa shape index (κ1) is 40.9. The number of rotatable bonds is 19. The van der Waals surface area contributed by atoms with Gasteiger partial charge >= 0.3 is 6.09 Å². The molecular formula is C39H53FN6O7. The van der Waals surface area contributed by atoms with E-state index in [1.807, 2.05) is 38.1 Å². The highest BCUT2D eigenvalue weighted by molar-refractivity contribution is 6.38. The van der Waals surface area contributed by atoms with E-state index in [4.69, 9.17) is 4.74 Å². The number of Topliss-reactive ketones (excluding diaryl/α,β-unsaturated/α-hetero) is 1. The molecule has 53 heavy (non-hydrogen) atoms. The highest BCUT2D eigenvalue weighted by atomic mass is 19.1. The van der Waals surface area contributed by atoms with Gasteiger partial charge in [-0.2, -0.15) is 0 Å². The Morgan fingerprint density at radius 1 is 0.811 bits per heavy atom. The standard InChI is InChI=1S/C39H53FN6O7/c1-23(2)18-32(36(49)43-31(20-28-16-17-41-35(28)48)34(47)38(51)42-24(3)4)44-37(50)33(19-25-10-12-29(40)13-11-25)45-39(52)53-22-27-8-6-26(7-9-27)21-46(5)30-14-15-30/h6-13,23-24,28,30-33H,14-22H2,1-5H3,(H,41,48)(H,42,51)(H,43,49)(H,44,50)(H,45,52)/t28-,31-,32-,33-/m0/s1. The van der Waals surface area contributed by atoms with Crippen molar-refractivity contribution in [1.29, 1.82) is 0 Å². The van der Waals surface area contributed by atoms with Crippen LogP contribution in [0, 0.1) is 17.7 Å². The summed E-state index contributed by atoms with van der Waals surface area (Å²) in [7, 11) is 2.10. The Morgan fingerprint density at radius 2 is 1.42 bits per heavy atom. The van der Waals surface area contributed by atoms with Crippen molar-refractivity contribution >= 4 is 35.5 Å². The van der Waals surface area contributed by atoms with Crippen LogP contribution in [0.25, 0.3) is 0 Å². The van der Waals surface area contributed by atoms with E-state index in [0.29, 0.717) is 24.6 Å². The number of carbonyl (C=O) groups is 6. The summed E-state index contributed by atoms with van der Waals surface area (Å²) in [6.45, 7) is 8.26. The average Bonchev–Trinajstić information content (AvgIpc) is 3.89. The van der Waals surface area contributed by atoms with Crippen LogP contribution in [-0.2, 0) is 48.3 Å². The summed E-state index contributed by atoms with van der Waals surface area (Å²) in [6, 6.07) is 9.74. The maximum Gasteiger partial charge on any atom is 0.408 e. The highest BCUT2D eigenvalue weighted by Crippen LogP contribution is 2.26. The van der Waals surface area contributed by atoms with Crippen LogP contribution in [0.2, 0.25) is 0 Å². The molecule has 4 rings (SSSR count). The molecule has 2 fully saturated rings. The van der Waals surface area contributed by atoms with Crippen LogP contribution in [-0.4, -0.2) is 84.2 Å². The number of hydrogen-bond donors (Lipinski definition) is 5. The zero-order valence-electron chi connectivity index (χ0n) is 31.2. The number of nitrogens with one attached hydrogen (secondary N) is 5. The van der Waals surface area contributed by atoms with Crippen molar-refractivity contribution in [3.8, 4) is 0 Å². The van der Waals surface area contributed by atoms with E-state index in [2.05, 4.69) is 38.5 Å². The highest BCUT2D eigenvalue weighted by Gasteiger charge is 2.36. The van der Waals surface area contributed by atoms with Gasteiger partial charge in [0.05, 0.1) is 6.04 Å². The largest absolute Gasteiger partial charge is 0.445 e. The third kappa shape index (κ3) is 13.3. The van der Waals surface area contributed by atoms with Crippen LogP contribution in [0.15, 0.2) is 48.5 Å². The van der Waals surface area contributed by atoms with Gasteiger partial charge in [-0.15, -0.1) is 0 Å². The molecule has 4 atom stereocenters. The molecule has 13 nitrogen and oxygen atoms in total. The number of halogens is 1.